The van der Waals surface area contributed by atoms with Crippen molar-refractivity contribution in [2.24, 2.45) is 5.14 Å². The van der Waals surface area contributed by atoms with Gasteiger partial charge in [-0.2, -0.15) is 0 Å². The van der Waals surface area contributed by atoms with Crippen LogP contribution in [0.3, 0.4) is 0 Å². The van der Waals surface area contributed by atoms with E-state index in [-0.39, 0.29) is 10.1 Å². The van der Waals surface area contributed by atoms with E-state index in [4.69, 9.17) is 5.14 Å². The number of thiophene rings is 1. The van der Waals surface area contributed by atoms with Gasteiger partial charge in [-0.3, -0.25) is 4.79 Å². The summed E-state index contributed by atoms with van der Waals surface area (Å²) in [5, 5.41) is 7.89. The number of carbonyl (C=O) groups is 1. The molecule has 0 radical (unpaired) electrons. The minimum absolute atomic E-state index is 0.0189. The number of aryl methyl sites for hydroxylation is 1. The molecule has 0 atom stereocenters. The summed E-state index contributed by atoms with van der Waals surface area (Å²) >= 11 is 0.869. The van der Waals surface area contributed by atoms with Gasteiger partial charge in [0.25, 0.3) is 5.91 Å². The van der Waals surface area contributed by atoms with Crippen LogP contribution in [0.4, 0.5) is 5.69 Å². The lowest BCUT2D eigenvalue weighted by molar-refractivity contribution is 0.103. The number of anilines is 1. The molecule has 3 aromatic rings. The highest BCUT2D eigenvalue weighted by Crippen LogP contribution is 2.26. The maximum atomic E-state index is 12.4. The Bertz CT molecular complexity index is 1010. The van der Waals surface area contributed by atoms with Gasteiger partial charge >= 0.3 is 0 Å². The van der Waals surface area contributed by atoms with Gasteiger partial charge in [-0.05, 0) is 41.8 Å². The number of benzene rings is 2. The van der Waals surface area contributed by atoms with Gasteiger partial charge in [0, 0.05) is 5.69 Å². The van der Waals surface area contributed by atoms with E-state index in [1.807, 2.05) is 54.6 Å². The summed E-state index contributed by atoms with van der Waals surface area (Å²) in [7, 11) is -3.81. The first-order valence-electron chi connectivity index (χ1n) is 7.44. The van der Waals surface area contributed by atoms with Crippen molar-refractivity contribution < 1.29 is 13.2 Å². The SMILES string of the molecule is Cc1cc(S(N)(=O)=O)sc1C(=O)Nc1ccc(-c2ccccc2)cc1. The fourth-order valence-electron chi connectivity index (χ4n) is 2.38. The summed E-state index contributed by atoms with van der Waals surface area (Å²) < 4.78 is 22.8. The highest BCUT2D eigenvalue weighted by Gasteiger charge is 2.19. The zero-order chi connectivity index (χ0) is 18.0. The van der Waals surface area contributed by atoms with Crippen LogP contribution < -0.4 is 10.5 Å². The molecule has 0 saturated carbocycles. The molecule has 1 heterocycles. The molecule has 25 heavy (non-hydrogen) atoms. The van der Waals surface area contributed by atoms with Crippen LogP contribution in [-0.4, -0.2) is 14.3 Å². The maximum Gasteiger partial charge on any atom is 0.266 e. The van der Waals surface area contributed by atoms with Crippen molar-refractivity contribution in [2.45, 2.75) is 11.1 Å². The zero-order valence-corrected chi connectivity index (χ0v) is 15.0. The standard InChI is InChI=1S/C18H16N2O3S2/c1-12-11-16(25(19,22)23)24-17(12)18(21)20-15-9-7-14(8-10-15)13-5-3-2-4-6-13/h2-11H,1H3,(H,20,21)(H2,19,22,23). The molecule has 0 unspecified atom stereocenters. The van der Waals surface area contributed by atoms with E-state index in [1.165, 1.54) is 6.07 Å². The van der Waals surface area contributed by atoms with Gasteiger partial charge in [0.1, 0.15) is 4.21 Å². The normalized spacial score (nSPS) is 11.3. The lowest BCUT2D eigenvalue weighted by Gasteiger charge is -2.06. The summed E-state index contributed by atoms with van der Waals surface area (Å²) in [6, 6.07) is 18.8. The van der Waals surface area contributed by atoms with Crippen molar-refractivity contribution in [1.82, 2.24) is 0 Å². The van der Waals surface area contributed by atoms with Crippen LogP contribution in [0.2, 0.25) is 0 Å². The average molecular weight is 372 g/mol. The van der Waals surface area contributed by atoms with Crippen molar-refractivity contribution in [1.29, 1.82) is 0 Å². The summed E-state index contributed by atoms with van der Waals surface area (Å²) in [5.41, 5.74) is 3.34. The molecule has 7 heteroatoms. The van der Waals surface area contributed by atoms with Crippen LogP contribution in [0.15, 0.2) is 64.9 Å². The van der Waals surface area contributed by atoms with Gasteiger partial charge in [0.05, 0.1) is 4.88 Å². The molecule has 5 nitrogen and oxygen atoms in total. The third-order valence-electron chi connectivity index (χ3n) is 3.63. The van der Waals surface area contributed by atoms with Crippen molar-refractivity contribution >= 4 is 33.0 Å². The second-order valence-electron chi connectivity index (χ2n) is 5.52. The highest BCUT2D eigenvalue weighted by atomic mass is 32.2. The third kappa shape index (κ3) is 3.96. The Morgan fingerprint density at radius 3 is 2.16 bits per heavy atom. The van der Waals surface area contributed by atoms with Gasteiger partial charge in [0.15, 0.2) is 0 Å². The maximum absolute atomic E-state index is 12.4. The third-order valence-corrected chi connectivity index (χ3v) is 6.29. The predicted octanol–water partition coefficient (Wildman–Crippen LogP) is 3.62. The molecule has 3 rings (SSSR count). The van der Waals surface area contributed by atoms with Crippen molar-refractivity contribution in [3.8, 4) is 11.1 Å². The fraction of sp³-hybridized carbons (Fsp3) is 0.0556. The number of carbonyl (C=O) groups excluding carboxylic acids is 1. The van der Waals surface area contributed by atoms with Crippen molar-refractivity contribution in [2.75, 3.05) is 5.32 Å². The second kappa shape index (κ2) is 6.79. The number of rotatable bonds is 4. The monoisotopic (exact) mass is 372 g/mol. The highest BCUT2D eigenvalue weighted by molar-refractivity contribution is 7.91. The lowest BCUT2D eigenvalue weighted by atomic mass is 10.1. The number of nitrogens with two attached hydrogens (primary N) is 1. The van der Waals surface area contributed by atoms with E-state index in [1.54, 1.807) is 6.92 Å². The smallest absolute Gasteiger partial charge is 0.266 e. The van der Waals surface area contributed by atoms with Crippen LogP contribution >= 0.6 is 11.3 Å². The Morgan fingerprint density at radius 1 is 1.00 bits per heavy atom. The first kappa shape index (κ1) is 17.3. The summed E-state index contributed by atoms with van der Waals surface area (Å²) in [6.45, 7) is 1.68. The lowest BCUT2D eigenvalue weighted by Crippen LogP contribution is -2.11. The van der Waals surface area contributed by atoms with E-state index in [0.29, 0.717) is 16.1 Å². The molecule has 128 valence electrons. The van der Waals surface area contributed by atoms with Crippen LogP contribution in [0.5, 0.6) is 0 Å². The van der Waals surface area contributed by atoms with Crippen LogP contribution in [-0.2, 0) is 10.0 Å². The molecule has 0 aliphatic heterocycles. The van der Waals surface area contributed by atoms with Crippen molar-refractivity contribution in [3.05, 3.63) is 71.1 Å². The van der Waals surface area contributed by atoms with Gasteiger partial charge in [-0.15, -0.1) is 11.3 Å². The Balaban J connectivity index is 1.79. The summed E-state index contributed by atoms with van der Waals surface area (Å²) in [4.78, 5) is 12.7. The molecule has 2 aromatic carbocycles. The number of hydrogen-bond acceptors (Lipinski definition) is 4. The van der Waals surface area contributed by atoms with Gasteiger partial charge in [0.2, 0.25) is 10.0 Å². The molecular weight excluding hydrogens is 356 g/mol. The van der Waals surface area contributed by atoms with E-state index >= 15 is 0 Å². The molecule has 1 amide bonds. The van der Waals surface area contributed by atoms with Crippen LogP contribution in [0.1, 0.15) is 15.2 Å². The Hall–Kier alpha value is -2.48. The van der Waals surface area contributed by atoms with Gasteiger partial charge < -0.3 is 5.32 Å². The topological polar surface area (TPSA) is 89.3 Å². The molecule has 0 fully saturated rings. The number of amides is 1. The quantitative estimate of drug-likeness (QED) is 0.733. The molecule has 0 spiro atoms. The van der Waals surface area contributed by atoms with E-state index in [9.17, 15) is 13.2 Å². The first-order valence-corrected chi connectivity index (χ1v) is 9.81. The van der Waals surface area contributed by atoms with E-state index < -0.39 is 10.0 Å². The summed E-state index contributed by atoms with van der Waals surface area (Å²) in [5.74, 6) is -0.357. The van der Waals surface area contributed by atoms with Gasteiger partial charge in [-0.1, -0.05) is 42.5 Å². The molecule has 0 aliphatic carbocycles. The fourth-order valence-corrected chi connectivity index (χ4v) is 4.24. The molecular formula is C18H16N2O3S2. The Labute approximate surface area is 150 Å². The molecule has 1 aromatic heterocycles. The predicted molar refractivity (Wildman–Crippen MR) is 100 cm³/mol. The second-order valence-corrected chi connectivity index (χ2v) is 8.36. The number of sulfonamides is 1. The minimum atomic E-state index is -3.81. The van der Waals surface area contributed by atoms with E-state index in [0.717, 1.165) is 22.5 Å². The van der Waals surface area contributed by atoms with Crippen molar-refractivity contribution in [3.63, 3.8) is 0 Å². The van der Waals surface area contributed by atoms with Gasteiger partial charge in [-0.25, -0.2) is 13.6 Å². The number of nitrogens with one attached hydrogen (secondary N) is 1. The van der Waals surface area contributed by atoms with Crippen LogP contribution in [0, 0.1) is 6.92 Å². The van der Waals surface area contributed by atoms with Crippen LogP contribution in [0.25, 0.3) is 11.1 Å². The average Bonchev–Trinajstić information content (AvgIpc) is 2.99. The number of primary sulfonamides is 1. The number of hydrogen-bond donors (Lipinski definition) is 2. The molecule has 0 bridgehead atoms. The largest absolute Gasteiger partial charge is 0.321 e. The van der Waals surface area contributed by atoms with E-state index in [2.05, 4.69) is 5.32 Å². The molecule has 0 aliphatic rings. The first-order chi connectivity index (χ1) is 11.8. The summed E-state index contributed by atoms with van der Waals surface area (Å²) in [6.07, 6.45) is 0. The minimum Gasteiger partial charge on any atom is -0.321 e. The molecule has 3 N–H and O–H groups in total. The zero-order valence-electron chi connectivity index (χ0n) is 13.4. The Kier molecular flexibility index (Phi) is 4.71. The molecule has 0 saturated heterocycles. The Morgan fingerprint density at radius 2 is 1.60 bits per heavy atom.